The molecular weight excluding hydrogens is 548 g/mol. The second-order valence-electron chi connectivity index (χ2n) is 11.9. The number of nitrogens with zero attached hydrogens (tertiary/aromatic N) is 4. The first-order valence-electron chi connectivity index (χ1n) is 15.5. The van der Waals surface area contributed by atoms with Crippen LogP contribution in [0.5, 0.6) is 0 Å². The molecule has 210 valence electrons. The maximum Gasteiger partial charge on any atom is 0.159 e. The van der Waals surface area contributed by atoms with Crippen LogP contribution in [0.1, 0.15) is 6.92 Å². The molecule has 2 heterocycles. The first kappa shape index (κ1) is 24.6. The van der Waals surface area contributed by atoms with Crippen molar-refractivity contribution >= 4 is 75.7 Å². The van der Waals surface area contributed by atoms with Crippen molar-refractivity contribution in [3.63, 3.8) is 0 Å². The van der Waals surface area contributed by atoms with E-state index in [1.807, 2.05) is 18.5 Å². The van der Waals surface area contributed by atoms with Gasteiger partial charge in [0, 0.05) is 24.5 Å². The number of para-hydroxylation sites is 2. The monoisotopic (exact) mass is 574 g/mol. The number of aromatic nitrogens is 4. The zero-order valence-electron chi connectivity index (χ0n) is 24.6. The molecule has 0 aliphatic rings. The fourth-order valence-corrected chi connectivity index (χ4v) is 7.62. The molecule has 2 aromatic heterocycles. The molecule has 0 N–H and O–H groups in total. The van der Waals surface area contributed by atoms with Crippen molar-refractivity contribution in [2.75, 3.05) is 0 Å². The number of benzene rings is 7. The van der Waals surface area contributed by atoms with Gasteiger partial charge in [-0.15, -0.1) is 0 Å². The Balaban J connectivity index is 1.29. The van der Waals surface area contributed by atoms with Gasteiger partial charge in [0.05, 0.1) is 16.6 Å². The minimum atomic E-state index is 0.706. The summed E-state index contributed by atoms with van der Waals surface area (Å²) < 4.78 is 2.22. The van der Waals surface area contributed by atoms with Crippen molar-refractivity contribution in [1.82, 2.24) is 19.5 Å². The summed E-state index contributed by atoms with van der Waals surface area (Å²) in [6, 6.07) is 41.9. The van der Waals surface area contributed by atoms with Crippen LogP contribution in [0.4, 0.5) is 0 Å². The van der Waals surface area contributed by atoms with E-state index < -0.39 is 0 Å². The highest BCUT2D eigenvalue weighted by Crippen LogP contribution is 2.44. The lowest BCUT2D eigenvalue weighted by atomic mass is 9.87. The summed E-state index contributed by atoms with van der Waals surface area (Å²) in [6.07, 6.45) is 3.83. The van der Waals surface area contributed by atoms with Gasteiger partial charge in [0.1, 0.15) is 5.82 Å². The maximum atomic E-state index is 4.93. The lowest BCUT2D eigenvalue weighted by molar-refractivity contribution is 0.795. The number of hydrogen-bond acceptors (Lipinski definition) is 3. The second kappa shape index (κ2) is 9.07. The van der Waals surface area contributed by atoms with Gasteiger partial charge in [-0.1, -0.05) is 91.0 Å². The molecule has 0 bridgehead atoms. The fourth-order valence-electron chi connectivity index (χ4n) is 7.62. The maximum absolute atomic E-state index is 4.93. The number of rotatable bonds is 3. The van der Waals surface area contributed by atoms with Gasteiger partial charge in [-0.05, 0) is 95.8 Å². The number of aryl methyl sites for hydroxylation is 1. The molecule has 0 radical (unpaired) electrons. The molecule has 0 spiro atoms. The number of fused-ring (bicyclic) bond motifs is 3. The normalized spacial score (nSPS) is 12.2. The Morgan fingerprint density at radius 2 is 1.07 bits per heavy atom. The van der Waals surface area contributed by atoms with Gasteiger partial charge in [0.15, 0.2) is 5.82 Å². The van der Waals surface area contributed by atoms with E-state index in [1.165, 1.54) is 64.6 Å². The van der Waals surface area contributed by atoms with Crippen LogP contribution in [0.2, 0.25) is 0 Å². The van der Waals surface area contributed by atoms with E-state index in [4.69, 9.17) is 15.0 Å². The smallest absolute Gasteiger partial charge is 0.159 e. The first-order chi connectivity index (χ1) is 22.3. The summed E-state index contributed by atoms with van der Waals surface area (Å²) in [5.74, 6) is 1.60. The lowest BCUT2D eigenvalue weighted by Crippen LogP contribution is -1.99. The minimum Gasteiger partial charge on any atom is -0.324 e. The second-order valence-corrected chi connectivity index (χ2v) is 11.9. The standard InChI is InChI=1S/C41H26N4/c1-2-45-35-15-4-3-14-34(35)44-41(45)29-22-42-40(43-23-29)28-20-27-19-18-26-9-6-12-31-30-11-5-8-24-16-17-25-10-7-13-32(38(25)36(24)30)33(21-28)39(27)37(26)31/h3-23H,2H2,1H3. The van der Waals surface area contributed by atoms with Gasteiger partial charge in [-0.25, -0.2) is 15.0 Å². The summed E-state index contributed by atoms with van der Waals surface area (Å²) in [5, 5.41) is 15.1. The highest BCUT2D eigenvalue weighted by Gasteiger charge is 2.17. The number of imidazole rings is 1. The topological polar surface area (TPSA) is 43.6 Å². The van der Waals surface area contributed by atoms with Gasteiger partial charge < -0.3 is 4.57 Å². The molecule has 0 saturated heterocycles. The molecule has 4 heteroatoms. The number of hydrogen-bond donors (Lipinski definition) is 0. The summed E-state index contributed by atoms with van der Waals surface area (Å²) in [7, 11) is 0. The zero-order chi connectivity index (χ0) is 29.6. The van der Waals surface area contributed by atoms with E-state index in [9.17, 15) is 0 Å². The van der Waals surface area contributed by atoms with E-state index in [0.29, 0.717) is 5.82 Å². The van der Waals surface area contributed by atoms with Crippen LogP contribution in [0.3, 0.4) is 0 Å². The average molecular weight is 575 g/mol. The van der Waals surface area contributed by atoms with E-state index in [-0.39, 0.29) is 0 Å². The quantitative estimate of drug-likeness (QED) is 0.197. The molecule has 4 nitrogen and oxygen atoms in total. The summed E-state index contributed by atoms with van der Waals surface area (Å²) >= 11 is 0. The van der Waals surface area contributed by atoms with Crippen molar-refractivity contribution < 1.29 is 0 Å². The Morgan fingerprint density at radius 1 is 0.511 bits per heavy atom. The average Bonchev–Trinajstić information content (AvgIpc) is 3.48. The van der Waals surface area contributed by atoms with Crippen molar-refractivity contribution in [3.05, 3.63) is 128 Å². The van der Waals surface area contributed by atoms with Crippen LogP contribution in [-0.4, -0.2) is 19.5 Å². The molecular formula is C41H26N4. The Bertz CT molecular complexity index is 2780. The third-order valence-electron chi connectivity index (χ3n) is 9.56. The van der Waals surface area contributed by atoms with E-state index >= 15 is 0 Å². The van der Waals surface area contributed by atoms with E-state index in [1.54, 1.807) is 0 Å². The van der Waals surface area contributed by atoms with E-state index in [0.717, 1.165) is 34.5 Å². The van der Waals surface area contributed by atoms with Gasteiger partial charge >= 0.3 is 0 Å². The van der Waals surface area contributed by atoms with Crippen LogP contribution in [0, 0.1) is 0 Å². The molecule has 0 amide bonds. The van der Waals surface area contributed by atoms with Crippen molar-refractivity contribution in [3.8, 4) is 22.8 Å². The molecule has 0 fully saturated rings. The Kier molecular flexibility index (Phi) is 4.95. The van der Waals surface area contributed by atoms with Crippen LogP contribution in [0.25, 0.3) is 98.4 Å². The van der Waals surface area contributed by atoms with Crippen molar-refractivity contribution in [2.45, 2.75) is 13.5 Å². The lowest BCUT2D eigenvalue weighted by Gasteiger charge is -2.16. The predicted molar refractivity (Wildman–Crippen MR) is 188 cm³/mol. The van der Waals surface area contributed by atoms with Gasteiger partial charge in [0.2, 0.25) is 0 Å². The Hall–Kier alpha value is -5.87. The predicted octanol–water partition coefficient (Wildman–Crippen LogP) is 10.5. The molecule has 0 aliphatic heterocycles. The summed E-state index contributed by atoms with van der Waals surface area (Å²) in [4.78, 5) is 14.8. The fraction of sp³-hybridized carbons (Fsp3) is 0.0488. The largest absolute Gasteiger partial charge is 0.324 e. The molecule has 0 saturated carbocycles. The Morgan fingerprint density at radius 3 is 1.69 bits per heavy atom. The van der Waals surface area contributed by atoms with Crippen LogP contribution >= 0.6 is 0 Å². The SMILES string of the molecule is CCn1c(-c2cnc(-c3cc4ccc5cccc6c7cccc8ccc9cccc(c(c3)c4c56)c9c87)nc2)nc2ccccc21. The van der Waals surface area contributed by atoms with Crippen LogP contribution in [0.15, 0.2) is 128 Å². The van der Waals surface area contributed by atoms with Crippen molar-refractivity contribution in [2.24, 2.45) is 0 Å². The van der Waals surface area contributed by atoms with Gasteiger partial charge in [-0.2, -0.15) is 0 Å². The third kappa shape index (κ3) is 3.39. The van der Waals surface area contributed by atoms with Gasteiger partial charge in [0.25, 0.3) is 0 Å². The molecule has 10 rings (SSSR count). The van der Waals surface area contributed by atoms with Crippen LogP contribution in [-0.2, 0) is 6.54 Å². The molecule has 45 heavy (non-hydrogen) atoms. The Labute approximate surface area is 258 Å². The highest BCUT2D eigenvalue weighted by atomic mass is 15.1. The first-order valence-corrected chi connectivity index (χ1v) is 15.5. The molecule has 10 aromatic rings. The summed E-state index contributed by atoms with van der Waals surface area (Å²) in [5.41, 5.74) is 4.02. The van der Waals surface area contributed by atoms with Crippen molar-refractivity contribution in [1.29, 1.82) is 0 Å². The molecule has 0 atom stereocenters. The zero-order valence-corrected chi connectivity index (χ0v) is 24.6. The minimum absolute atomic E-state index is 0.706. The molecule has 0 unspecified atom stereocenters. The molecule has 0 aliphatic carbocycles. The highest BCUT2D eigenvalue weighted by molar-refractivity contribution is 6.37. The molecule has 8 aromatic carbocycles. The summed E-state index contributed by atoms with van der Waals surface area (Å²) in [6.45, 7) is 2.97. The van der Waals surface area contributed by atoms with Gasteiger partial charge in [-0.3, -0.25) is 0 Å². The van der Waals surface area contributed by atoms with Crippen LogP contribution < -0.4 is 0 Å². The third-order valence-corrected chi connectivity index (χ3v) is 9.56. The van der Waals surface area contributed by atoms with E-state index in [2.05, 4.69) is 121 Å².